The van der Waals surface area contributed by atoms with Crippen LogP contribution in [0.5, 0.6) is 0 Å². The number of carbonyl (C=O) groups excluding carboxylic acids is 1. The second kappa shape index (κ2) is 9.99. The van der Waals surface area contributed by atoms with Crippen LogP contribution in [0.4, 0.5) is 11.4 Å². The lowest BCUT2D eigenvalue weighted by molar-refractivity contribution is -0.116. The normalized spacial score (nSPS) is 14.5. The van der Waals surface area contributed by atoms with E-state index in [1.807, 2.05) is 24.3 Å². The van der Waals surface area contributed by atoms with Gasteiger partial charge in [-0.3, -0.25) is 4.79 Å². The fourth-order valence-corrected chi connectivity index (χ4v) is 4.87. The minimum Gasteiger partial charge on any atom is -0.468 e. The van der Waals surface area contributed by atoms with Crippen LogP contribution in [0.1, 0.15) is 5.76 Å². The summed E-state index contributed by atoms with van der Waals surface area (Å²) < 4.78 is 38.1. The standard InChI is InChI=1S/C23H25N3O5S/c27-23(24-19-8-10-20(11-9-19)25-12-15-30-16-13-25)18-26(17-21-5-4-14-31-21)32(28,29)22-6-2-1-3-7-22/h1-11,14H,12-13,15-18H2,(H,24,27). The summed E-state index contributed by atoms with van der Waals surface area (Å²) in [7, 11) is -3.89. The second-order valence-electron chi connectivity index (χ2n) is 7.36. The number of sulfonamides is 1. The van der Waals surface area contributed by atoms with Crippen LogP contribution in [-0.4, -0.2) is 51.5 Å². The van der Waals surface area contributed by atoms with Gasteiger partial charge in [-0.05, 0) is 48.5 Å². The first-order chi connectivity index (χ1) is 15.5. The fourth-order valence-electron chi connectivity index (χ4n) is 3.48. The van der Waals surface area contributed by atoms with Gasteiger partial charge in [0.2, 0.25) is 15.9 Å². The molecule has 0 radical (unpaired) electrons. The molecule has 9 heteroatoms. The number of morpholine rings is 1. The molecular weight excluding hydrogens is 430 g/mol. The zero-order chi connectivity index (χ0) is 22.4. The number of nitrogens with zero attached hydrogens (tertiary/aromatic N) is 2. The van der Waals surface area contributed by atoms with Gasteiger partial charge in [0.25, 0.3) is 0 Å². The first-order valence-electron chi connectivity index (χ1n) is 10.3. The monoisotopic (exact) mass is 455 g/mol. The van der Waals surface area contributed by atoms with Gasteiger partial charge in [-0.1, -0.05) is 18.2 Å². The summed E-state index contributed by atoms with van der Waals surface area (Å²) in [6.45, 7) is 2.64. The molecule has 4 rings (SSSR count). The first-order valence-corrected chi connectivity index (χ1v) is 11.8. The zero-order valence-electron chi connectivity index (χ0n) is 17.5. The number of carbonyl (C=O) groups is 1. The van der Waals surface area contributed by atoms with Crippen LogP contribution in [-0.2, 0) is 26.1 Å². The summed E-state index contributed by atoms with van der Waals surface area (Å²) in [5.74, 6) is 0.0161. The SMILES string of the molecule is O=C(CN(Cc1ccco1)S(=O)(=O)c1ccccc1)Nc1ccc(N2CCOCC2)cc1. The number of furan rings is 1. The molecule has 168 valence electrons. The van der Waals surface area contributed by atoms with Crippen molar-refractivity contribution in [2.45, 2.75) is 11.4 Å². The average molecular weight is 456 g/mol. The molecule has 2 aromatic carbocycles. The molecule has 1 aromatic heterocycles. The van der Waals surface area contributed by atoms with Crippen molar-refractivity contribution in [1.29, 1.82) is 0 Å². The molecule has 0 atom stereocenters. The van der Waals surface area contributed by atoms with Gasteiger partial charge in [0.15, 0.2) is 0 Å². The Morgan fingerprint density at radius 3 is 2.34 bits per heavy atom. The molecule has 32 heavy (non-hydrogen) atoms. The molecule has 1 N–H and O–H groups in total. The molecule has 3 aromatic rings. The summed E-state index contributed by atoms with van der Waals surface area (Å²) >= 11 is 0. The Morgan fingerprint density at radius 2 is 1.69 bits per heavy atom. The van der Waals surface area contributed by atoms with E-state index in [0.29, 0.717) is 24.7 Å². The summed E-state index contributed by atoms with van der Waals surface area (Å²) in [5, 5.41) is 2.79. The van der Waals surface area contributed by atoms with Crippen molar-refractivity contribution in [2.24, 2.45) is 0 Å². The van der Waals surface area contributed by atoms with E-state index in [1.165, 1.54) is 18.4 Å². The molecule has 8 nitrogen and oxygen atoms in total. The number of anilines is 2. The Labute approximate surface area is 187 Å². The third-order valence-electron chi connectivity index (χ3n) is 5.14. The van der Waals surface area contributed by atoms with E-state index in [4.69, 9.17) is 9.15 Å². The molecule has 1 amide bonds. The highest BCUT2D eigenvalue weighted by Crippen LogP contribution is 2.21. The summed E-state index contributed by atoms with van der Waals surface area (Å²) in [6, 6.07) is 18.9. The van der Waals surface area contributed by atoms with E-state index in [9.17, 15) is 13.2 Å². The highest BCUT2D eigenvalue weighted by Gasteiger charge is 2.27. The minimum absolute atomic E-state index is 0.0480. The summed E-state index contributed by atoms with van der Waals surface area (Å²) in [6.07, 6.45) is 1.47. The lowest BCUT2D eigenvalue weighted by atomic mass is 10.2. The third kappa shape index (κ3) is 5.37. The smallest absolute Gasteiger partial charge is 0.243 e. The number of hydrogen-bond donors (Lipinski definition) is 1. The average Bonchev–Trinajstić information content (AvgIpc) is 3.33. The predicted molar refractivity (Wildman–Crippen MR) is 121 cm³/mol. The van der Waals surface area contributed by atoms with Gasteiger partial charge >= 0.3 is 0 Å². The Bertz CT molecular complexity index is 1110. The largest absolute Gasteiger partial charge is 0.468 e. The number of benzene rings is 2. The Kier molecular flexibility index (Phi) is 6.89. The van der Waals surface area contributed by atoms with E-state index in [-0.39, 0.29) is 18.0 Å². The van der Waals surface area contributed by atoms with Crippen LogP contribution in [0.2, 0.25) is 0 Å². The van der Waals surface area contributed by atoms with E-state index in [1.54, 1.807) is 30.3 Å². The van der Waals surface area contributed by atoms with Gasteiger partial charge in [-0.2, -0.15) is 4.31 Å². The number of hydrogen-bond acceptors (Lipinski definition) is 6. The molecule has 1 fully saturated rings. The fraction of sp³-hybridized carbons (Fsp3) is 0.261. The van der Waals surface area contributed by atoms with Crippen molar-refractivity contribution in [2.75, 3.05) is 43.1 Å². The van der Waals surface area contributed by atoms with Crippen LogP contribution in [0.3, 0.4) is 0 Å². The lowest BCUT2D eigenvalue weighted by Crippen LogP contribution is -2.37. The number of rotatable bonds is 8. The van der Waals surface area contributed by atoms with E-state index in [0.717, 1.165) is 23.1 Å². The van der Waals surface area contributed by atoms with Gasteiger partial charge < -0.3 is 19.4 Å². The van der Waals surface area contributed by atoms with E-state index < -0.39 is 15.9 Å². The highest BCUT2D eigenvalue weighted by molar-refractivity contribution is 7.89. The molecule has 0 aliphatic carbocycles. The molecule has 0 unspecified atom stereocenters. The minimum atomic E-state index is -3.89. The summed E-state index contributed by atoms with van der Waals surface area (Å²) in [4.78, 5) is 15.1. The Balaban J connectivity index is 1.46. The Morgan fingerprint density at radius 1 is 0.969 bits per heavy atom. The lowest BCUT2D eigenvalue weighted by Gasteiger charge is -2.29. The van der Waals surface area contributed by atoms with Crippen LogP contribution in [0.25, 0.3) is 0 Å². The van der Waals surface area contributed by atoms with Crippen molar-refractivity contribution >= 4 is 27.3 Å². The van der Waals surface area contributed by atoms with Gasteiger partial charge in [0.1, 0.15) is 5.76 Å². The Hall–Kier alpha value is -3.14. The molecule has 0 bridgehead atoms. The van der Waals surface area contributed by atoms with Crippen LogP contribution in [0.15, 0.2) is 82.3 Å². The van der Waals surface area contributed by atoms with Gasteiger partial charge in [-0.25, -0.2) is 8.42 Å². The molecular formula is C23H25N3O5S. The van der Waals surface area contributed by atoms with Crippen molar-refractivity contribution in [3.63, 3.8) is 0 Å². The maximum Gasteiger partial charge on any atom is 0.243 e. The quantitative estimate of drug-likeness (QED) is 0.562. The zero-order valence-corrected chi connectivity index (χ0v) is 18.3. The van der Waals surface area contributed by atoms with Crippen LogP contribution in [0, 0.1) is 0 Å². The van der Waals surface area contributed by atoms with Crippen molar-refractivity contribution < 1.29 is 22.4 Å². The maximum atomic E-state index is 13.2. The second-order valence-corrected chi connectivity index (χ2v) is 9.30. The topological polar surface area (TPSA) is 92.1 Å². The molecule has 1 aliphatic heterocycles. The van der Waals surface area contributed by atoms with Crippen LogP contribution < -0.4 is 10.2 Å². The van der Waals surface area contributed by atoms with E-state index >= 15 is 0 Å². The molecule has 0 saturated carbocycles. The van der Waals surface area contributed by atoms with Crippen molar-refractivity contribution in [3.8, 4) is 0 Å². The highest BCUT2D eigenvalue weighted by atomic mass is 32.2. The molecule has 1 saturated heterocycles. The number of nitrogens with one attached hydrogen (secondary N) is 1. The molecule has 0 spiro atoms. The number of amides is 1. The maximum absolute atomic E-state index is 13.2. The number of ether oxygens (including phenoxy) is 1. The van der Waals surface area contributed by atoms with E-state index in [2.05, 4.69) is 10.2 Å². The van der Waals surface area contributed by atoms with Crippen molar-refractivity contribution in [3.05, 3.63) is 78.8 Å². The predicted octanol–water partition coefficient (Wildman–Crippen LogP) is 2.95. The van der Waals surface area contributed by atoms with Gasteiger partial charge in [-0.15, -0.1) is 0 Å². The first kappa shape index (κ1) is 22.1. The summed E-state index contributed by atoms with van der Waals surface area (Å²) in [5.41, 5.74) is 1.65. The molecule has 2 heterocycles. The van der Waals surface area contributed by atoms with Crippen LogP contribution >= 0.6 is 0 Å². The third-order valence-corrected chi connectivity index (χ3v) is 6.95. The van der Waals surface area contributed by atoms with Gasteiger partial charge in [0, 0.05) is 24.5 Å². The van der Waals surface area contributed by atoms with Crippen molar-refractivity contribution in [1.82, 2.24) is 4.31 Å². The van der Waals surface area contributed by atoms with Gasteiger partial charge in [0.05, 0.1) is 37.5 Å². The molecule has 1 aliphatic rings.